The molecule has 1 aromatic carbocycles. The summed E-state index contributed by atoms with van der Waals surface area (Å²) in [5.41, 5.74) is 4.18. The number of aromatic nitrogens is 2. The van der Waals surface area contributed by atoms with Crippen LogP contribution in [0.25, 0.3) is 21.8 Å². The van der Waals surface area contributed by atoms with Crippen molar-refractivity contribution >= 4 is 27.6 Å². The van der Waals surface area contributed by atoms with Crippen LogP contribution in [0.2, 0.25) is 0 Å². The number of Topliss-reactive ketones (excluding diaryl/α,β-unsaturated/α-hetero) is 1. The maximum atomic E-state index is 13.8. The van der Waals surface area contributed by atoms with Crippen molar-refractivity contribution in [2.75, 3.05) is 0 Å². The summed E-state index contributed by atoms with van der Waals surface area (Å²) in [5.74, 6) is 0.881. The van der Waals surface area contributed by atoms with E-state index in [-0.39, 0.29) is 11.6 Å². The van der Waals surface area contributed by atoms with Gasteiger partial charge >= 0.3 is 0 Å². The first kappa shape index (κ1) is 16.2. The first-order valence-electron chi connectivity index (χ1n) is 9.07. The van der Waals surface area contributed by atoms with E-state index in [1.165, 1.54) is 12.1 Å². The average Bonchev–Trinajstić information content (AvgIpc) is 2.92. The van der Waals surface area contributed by atoms with Gasteiger partial charge in [-0.15, -0.1) is 0 Å². The van der Waals surface area contributed by atoms with E-state index >= 15 is 0 Å². The summed E-state index contributed by atoms with van der Waals surface area (Å²) in [5, 5.41) is 1.63. The van der Waals surface area contributed by atoms with Crippen LogP contribution in [0.1, 0.15) is 54.9 Å². The van der Waals surface area contributed by atoms with Crippen LogP contribution in [0, 0.1) is 24.6 Å². The van der Waals surface area contributed by atoms with Gasteiger partial charge in [0.1, 0.15) is 5.82 Å². The number of nitrogens with zero attached hydrogens (tertiary/aromatic N) is 1. The van der Waals surface area contributed by atoms with E-state index < -0.39 is 0 Å². The SMILES string of the molecule is Cc1nc2c(c3c1[nH]c1ccc(F)cc13)C(=O)CC(CCC(C)C)C2. The third-order valence-corrected chi connectivity index (χ3v) is 5.35. The molecule has 2 aromatic heterocycles. The molecule has 1 aliphatic rings. The fourth-order valence-electron chi connectivity index (χ4n) is 4.08. The Kier molecular flexibility index (Phi) is 3.86. The van der Waals surface area contributed by atoms with Gasteiger partial charge in [0.25, 0.3) is 0 Å². The van der Waals surface area contributed by atoms with Crippen molar-refractivity contribution in [1.82, 2.24) is 9.97 Å². The highest BCUT2D eigenvalue weighted by atomic mass is 19.1. The summed E-state index contributed by atoms with van der Waals surface area (Å²) in [6.45, 7) is 6.38. The van der Waals surface area contributed by atoms with Gasteiger partial charge in [-0.05, 0) is 49.8 Å². The zero-order chi connectivity index (χ0) is 17.7. The van der Waals surface area contributed by atoms with E-state index in [0.717, 1.165) is 52.5 Å². The molecule has 1 atom stereocenters. The molecule has 0 amide bonds. The quantitative estimate of drug-likeness (QED) is 0.700. The molecule has 2 heterocycles. The molecule has 0 aliphatic heterocycles. The van der Waals surface area contributed by atoms with Crippen molar-refractivity contribution in [3.05, 3.63) is 41.0 Å². The summed E-state index contributed by atoms with van der Waals surface area (Å²) in [6.07, 6.45) is 3.60. The van der Waals surface area contributed by atoms with Crippen LogP contribution in [0.3, 0.4) is 0 Å². The summed E-state index contributed by atoms with van der Waals surface area (Å²) in [7, 11) is 0. The van der Waals surface area contributed by atoms with Gasteiger partial charge in [-0.2, -0.15) is 0 Å². The van der Waals surface area contributed by atoms with Crippen molar-refractivity contribution in [3.8, 4) is 0 Å². The standard InChI is InChI=1S/C21H23FN2O/c1-11(2)4-5-13-8-17-20(18(25)9-13)19-15-10-14(22)6-7-16(15)24-21(19)12(3)23-17/h6-7,10-11,13,24H,4-5,8-9H2,1-3H3. The number of halogens is 1. The first-order chi connectivity index (χ1) is 11.9. The topological polar surface area (TPSA) is 45.8 Å². The minimum atomic E-state index is -0.283. The second-order valence-electron chi connectivity index (χ2n) is 7.75. The maximum Gasteiger partial charge on any atom is 0.165 e. The number of carbonyl (C=O) groups excluding carboxylic acids is 1. The van der Waals surface area contributed by atoms with Crippen molar-refractivity contribution in [2.24, 2.45) is 11.8 Å². The fourth-order valence-corrected chi connectivity index (χ4v) is 4.08. The zero-order valence-electron chi connectivity index (χ0n) is 14.9. The van der Waals surface area contributed by atoms with Crippen molar-refractivity contribution in [2.45, 2.75) is 46.5 Å². The number of benzene rings is 1. The number of rotatable bonds is 3. The van der Waals surface area contributed by atoms with Gasteiger partial charge in [-0.25, -0.2) is 4.39 Å². The third-order valence-electron chi connectivity index (χ3n) is 5.35. The van der Waals surface area contributed by atoms with Gasteiger partial charge in [0.05, 0.1) is 16.9 Å². The van der Waals surface area contributed by atoms with E-state index in [4.69, 9.17) is 4.98 Å². The van der Waals surface area contributed by atoms with Gasteiger partial charge in [-0.3, -0.25) is 9.78 Å². The zero-order valence-corrected chi connectivity index (χ0v) is 14.9. The number of aromatic amines is 1. The van der Waals surface area contributed by atoms with Crippen molar-refractivity contribution in [1.29, 1.82) is 0 Å². The fraction of sp³-hybridized carbons (Fsp3) is 0.429. The Morgan fingerprint density at radius 1 is 1.32 bits per heavy atom. The van der Waals surface area contributed by atoms with E-state index in [2.05, 4.69) is 18.8 Å². The van der Waals surface area contributed by atoms with Crippen LogP contribution in [0.4, 0.5) is 4.39 Å². The molecule has 0 fully saturated rings. The number of pyridine rings is 1. The lowest BCUT2D eigenvalue weighted by molar-refractivity contribution is 0.0945. The Labute approximate surface area is 146 Å². The Hall–Kier alpha value is -2.23. The largest absolute Gasteiger partial charge is 0.353 e. The number of carbonyl (C=O) groups is 1. The van der Waals surface area contributed by atoms with Crippen LogP contribution in [0.15, 0.2) is 18.2 Å². The molecule has 4 heteroatoms. The van der Waals surface area contributed by atoms with E-state index in [1.54, 1.807) is 6.07 Å². The highest BCUT2D eigenvalue weighted by Crippen LogP contribution is 2.37. The highest BCUT2D eigenvalue weighted by molar-refractivity contribution is 6.19. The summed E-state index contributed by atoms with van der Waals surface area (Å²) >= 11 is 0. The van der Waals surface area contributed by atoms with Gasteiger partial charge in [0, 0.05) is 28.3 Å². The second kappa shape index (κ2) is 5.94. The predicted octanol–water partition coefficient (Wildman–Crippen LogP) is 5.34. The molecule has 0 saturated heterocycles. The van der Waals surface area contributed by atoms with Crippen LogP contribution in [-0.2, 0) is 6.42 Å². The predicted molar refractivity (Wildman–Crippen MR) is 98.5 cm³/mol. The molecule has 0 radical (unpaired) electrons. The molecule has 1 N–H and O–H groups in total. The van der Waals surface area contributed by atoms with Gasteiger partial charge in [-0.1, -0.05) is 20.3 Å². The molecule has 3 aromatic rings. The lowest BCUT2D eigenvalue weighted by atomic mass is 9.80. The second-order valence-corrected chi connectivity index (χ2v) is 7.75. The van der Waals surface area contributed by atoms with Crippen LogP contribution >= 0.6 is 0 Å². The lowest BCUT2D eigenvalue weighted by Crippen LogP contribution is -2.22. The number of nitrogens with one attached hydrogen (secondary N) is 1. The minimum absolute atomic E-state index is 0.151. The summed E-state index contributed by atoms with van der Waals surface area (Å²) in [6, 6.07) is 4.69. The molecular formula is C21H23FN2O. The normalized spacial score (nSPS) is 17.6. The van der Waals surface area contributed by atoms with Crippen molar-refractivity contribution < 1.29 is 9.18 Å². The maximum absolute atomic E-state index is 13.8. The van der Waals surface area contributed by atoms with Crippen LogP contribution in [0.5, 0.6) is 0 Å². The molecule has 3 nitrogen and oxygen atoms in total. The Bertz CT molecular complexity index is 987. The minimum Gasteiger partial charge on any atom is -0.353 e. The smallest absolute Gasteiger partial charge is 0.165 e. The number of hydrogen-bond donors (Lipinski definition) is 1. The number of ketones is 1. The summed E-state index contributed by atoms with van der Waals surface area (Å²) < 4.78 is 13.8. The molecule has 0 saturated carbocycles. The van der Waals surface area contributed by atoms with Gasteiger partial charge in [0.15, 0.2) is 5.78 Å². The highest BCUT2D eigenvalue weighted by Gasteiger charge is 2.30. The molecule has 4 rings (SSSR count). The summed E-state index contributed by atoms with van der Waals surface area (Å²) in [4.78, 5) is 21.0. The molecule has 25 heavy (non-hydrogen) atoms. The molecule has 0 spiro atoms. The number of aryl methyl sites for hydroxylation is 1. The average molecular weight is 338 g/mol. The number of fused-ring (bicyclic) bond motifs is 5. The van der Waals surface area contributed by atoms with Gasteiger partial charge < -0.3 is 4.98 Å². The molecule has 130 valence electrons. The third kappa shape index (κ3) is 2.74. The van der Waals surface area contributed by atoms with E-state index in [1.807, 2.05) is 6.92 Å². The monoisotopic (exact) mass is 338 g/mol. The van der Waals surface area contributed by atoms with E-state index in [0.29, 0.717) is 23.8 Å². The molecule has 0 bridgehead atoms. The number of hydrogen-bond acceptors (Lipinski definition) is 2. The Morgan fingerprint density at radius 2 is 2.12 bits per heavy atom. The molecule has 1 unspecified atom stereocenters. The van der Waals surface area contributed by atoms with Gasteiger partial charge in [0.2, 0.25) is 0 Å². The lowest BCUT2D eigenvalue weighted by Gasteiger charge is -2.24. The van der Waals surface area contributed by atoms with Crippen LogP contribution < -0.4 is 0 Å². The number of H-pyrrole nitrogens is 1. The van der Waals surface area contributed by atoms with Crippen molar-refractivity contribution in [3.63, 3.8) is 0 Å². The van der Waals surface area contributed by atoms with E-state index in [9.17, 15) is 9.18 Å². The first-order valence-corrected chi connectivity index (χ1v) is 9.07. The Balaban J connectivity index is 1.88. The van der Waals surface area contributed by atoms with Crippen LogP contribution in [-0.4, -0.2) is 15.8 Å². The molecular weight excluding hydrogens is 315 g/mol. The molecule has 1 aliphatic carbocycles. The Morgan fingerprint density at radius 3 is 2.88 bits per heavy atom.